The maximum Gasteiger partial charge on any atom is 0.105 e. The Labute approximate surface area is 88.3 Å². The van der Waals surface area contributed by atoms with Crippen molar-refractivity contribution in [3.8, 4) is 0 Å². The van der Waals surface area contributed by atoms with Crippen LogP contribution in [0.2, 0.25) is 0 Å². The van der Waals surface area contributed by atoms with Gasteiger partial charge in [0.05, 0.1) is 10.2 Å². The molecule has 0 fully saturated rings. The summed E-state index contributed by atoms with van der Waals surface area (Å²) >= 11 is 1.75. The van der Waals surface area contributed by atoms with Gasteiger partial charge in [-0.15, -0.1) is 11.3 Å². The first-order valence-corrected chi connectivity index (χ1v) is 5.79. The molecule has 2 heterocycles. The van der Waals surface area contributed by atoms with Crippen LogP contribution in [0.4, 0.5) is 5.82 Å². The van der Waals surface area contributed by atoms with Crippen molar-refractivity contribution >= 4 is 27.4 Å². The number of hydrogen-bond acceptors (Lipinski definition) is 2. The Morgan fingerprint density at radius 1 is 1.50 bits per heavy atom. The van der Waals surface area contributed by atoms with Gasteiger partial charge in [0.2, 0.25) is 0 Å². The second kappa shape index (κ2) is 3.02. The van der Waals surface area contributed by atoms with Crippen LogP contribution in [-0.4, -0.2) is 4.57 Å². The highest BCUT2D eigenvalue weighted by molar-refractivity contribution is 7.17. The largest absolute Gasteiger partial charge is 0.385 e. The second-order valence-corrected chi connectivity index (χ2v) is 5.19. The molecule has 0 radical (unpaired) electrons. The van der Waals surface area contributed by atoms with Crippen LogP contribution in [-0.2, 0) is 5.54 Å². The number of hydrogen-bond donors (Lipinski definition) is 1. The summed E-state index contributed by atoms with van der Waals surface area (Å²) < 4.78 is 3.52. The quantitative estimate of drug-likeness (QED) is 0.805. The Hall–Kier alpha value is -0.960. The average Bonchev–Trinajstić information content (AvgIpc) is 2.62. The smallest absolute Gasteiger partial charge is 0.105 e. The van der Waals surface area contributed by atoms with Gasteiger partial charge in [-0.3, -0.25) is 0 Å². The minimum atomic E-state index is 0.104. The van der Waals surface area contributed by atoms with Crippen LogP contribution in [0.25, 0.3) is 10.2 Å². The third kappa shape index (κ3) is 1.23. The number of fused-ring (bicyclic) bond motifs is 1. The van der Waals surface area contributed by atoms with E-state index in [9.17, 15) is 0 Å². The lowest BCUT2D eigenvalue weighted by Crippen LogP contribution is -2.26. The Bertz CT molecular complexity index is 451. The Kier molecular flexibility index (Phi) is 2.07. The van der Waals surface area contributed by atoms with Crippen molar-refractivity contribution in [3.63, 3.8) is 0 Å². The van der Waals surface area contributed by atoms with Crippen LogP contribution in [0.15, 0.2) is 17.5 Å². The summed E-state index contributed by atoms with van der Waals surface area (Å²) in [5, 5.41) is 2.12. The first-order chi connectivity index (χ1) is 6.56. The predicted molar refractivity (Wildman–Crippen MR) is 63.8 cm³/mol. The molecule has 0 unspecified atom stereocenters. The molecule has 0 saturated heterocycles. The zero-order valence-electron chi connectivity index (χ0n) is 8.87. The molecule has 14 heavy (non-hydrogen) atoms. The lowest BCUT2D eigenvalue weighted by molar-refractivity contribution is 0.359. The van der Waals surface area contributed by atoms with Crippen LogP contribution in [0.5, 0.6) is 0 Å². The average molecular weight is 208 g/mol. The van der Waals surface area contributed by atoms with Crippen molar-refractivity contribution in [1.29, 1.82) is 0 Å². The molecule has 2 nitrogen and oxygen atoms in total. The third-order valence-corrected chi connectivity index (χ3v) is 3.78. The molecule has 76 valence electrons. The van der Waals surface area contributed by atoms with Gasteiger partial charge in [0, 0.05) is 5.54 Å². The molecule has 0 amide bonds. The van der Waals surface area contributed by atoms with Crippen molar-refractivity contribution in [2.75, 3.05) is 5.73 Å². The van der Waals surface area contributed by atoms with Gasteiger partial charge in [0.25, 0.3) is 0 Å². The summed E-state index contributed by atoms with van der Waals surface area (Å²) in [5.74, 6) is 0.874. The number of thiophene rings is 1. The summed E-state index contributed by atoms with van der Waals surface area (Å²) in [5.41, 5.74) is 7.40. The van der Waals surface area contributed by atoms with Gasteiger partial charge in [-0.2, -0.15) is 0 Å². The molecule has 0 spiro atoms. The van der Waals surface area contributed by atoms with E-state index in [1.165, 1.54) is 10.2 Å². The number of rotatable bonds is 2. The molecular weight excluding hydrogens is 192 g/mol. The topological polar surface area (TPSA) is 30.9 Å². The van der Waals surface area contributed by atoms with E-state index in [-0.39, 0.29) is 5.54 Å². The normalized spacial score (nSPS) is 12.5. The van der Waals surface area contributed by atoms with Crippen molar-refractivity contribution < 1.29 is 0 Å². The first kappa shape index (κ1) is 9.59. The van der Waals surface area contributed by atoms with E-state index < -0.39 is 0 Å². The van der Waals surface area contributed by atoms with Gasteiger partial charge >= 0.3 is 0 Å². The van der Waals surface area contributed by atoms with Crippen molar-refractivity contribution in [2.24, 2.45) is 0 Å². The summed E-state index contributed by atoms with van der Waals surface area (Å²) in [6.45, 7) is 6.64. The molecule has 0 aliphatic rings. The molecular formula is C11H16N2S. The molecule has 2 aromatic rings. The summed E-state index contributed by atoms with van der Waals surface area (Å²) in [6, 6.07) is 4.21. The van der Waals surface area contributed by atoms with Gasteiger partial charge in [-0.25, -0.2) is 0 Å². The van der Waals surface area contributed by atoms with Crippen LogP contribution >= 0.6 is 11.3 Å². The Morgan fingerprint density at radius 3 is 2.86 bits per heavy atom. The van der Waals surface area contributed by atoms with Crippen molar-refractivity contribution in [2.45, 2.75) is 32.7 Å². The van der Waals surface area contributed by atoms with Crippen LogP contribution in [0, 0.1) is 0 Å². The molecule has 0 aliphatic heterocycles. The predicted octanol–water partition coefficient (Wildman–Crippen LogP) is 3.43. The molecule has 3 heteroatoms. The molecule has 0 aromatic carbocycles. The number of anilines is 1. The molecule has 0 atom stereocenters. The first-order valence-electron chi connectivity index (χ1n) is 4.91. The second-order valence-electron chi connectivity index (χ2n) is 4.24. The molecule has 0 bridgehead atoms. The Morgan fingerprint density at radius 2 is 2.21 bits per heavy atom. The Balaban J connectivity index is 2.70. The van der Waals surface area contributed by atoms with E-state index in [1.807, 2.05) is 0 Å². The molecule has 0 aliphatic carbocycles. The van der Waals surface area contributed by atoms with E-state index in [2.05, 4.69) is 42.9 Å². The fourth-order valence-corrected chi connectivity index (χ4v) is 2.59. The fourth-order valence-electron chi connectivity index (χ4n) is 1.78. The number of aromatic nitrogens is 1. The maximum atomic E-state index is 6.03. The van der Waals surface area contributed by atoms with Gasteiger partial charge in [-0.05, 0) is 37.8 Å². The summed E-state index contributed by atoms with van der Waals surface area (Å²) in [6.07, 6.45) is 1.08. The van der Waals surface area contributed by atoms with Crippen LogP contribution in [0.1, 0.15) is 27.2 Å². The van der Waals surface area contributed by atoms with Crippen LogP contribution < -0.4 is 5.73 Å². The highest BCUT2D eigenvalue weighted by Gasteiger charge is 2.22. The molecule has 2 aromatic heterocycles. The van der Waals surface area contributed by atoms with Gasteiger partial charge in [-0.1, -0.05) is 6.92 Å². The monoisotopic (exact) mass is 208 g/mol. The minimum absolute atomic E-state index is 0.104. The van der Waals surface area contributed by atoms with E-state index in [1.54, 1.807) is 11.3 Å². The standard InChI is InChI=1S/C11H16N2S/c1-4-11(2,3)13-8-5-6-14-9(8)7-10(13)12/h5-7H,4,12H2,1-3H3. The zero-order valence-corrected chi connectivity index (χ0v) is 9.69. The van der Waals surface area contributed by atoms with Gasteiger partial charge in [0.1, 0.15) is 5.82 Å². The van der Waals surface area contributed by atoms with Crippen molar-refractivity contribution in [1.82, 2.24) is 4.57 Å². The van der Waals surface area contributed by atoms with E-state index in [4.69, 9.17) is 5.73 Å². The fraction of sp³-hybridized carbons (Fsp3) is 0.455. The van der Waals surface area contributed by atoms with Crippen LogP contribution in [0.3, 0.4) is 0 Å². The van der Waals surface area contributed by atoms with Gasteiger partial charge in [0.15, 0.2) is 0 Å². The molecule has 2 rings (SSSR count). The SMILES string of the molecule is CCC(C)(C)n1c(N)cc2sccc21. The lowest BCUT2D eigenvalue weighted by Gasteiger charge is -2.27. The van der Waals surface area contributed by atoms with E-state index in [0.717, 1.165) is 12.2 Å². The zero-order chi connectivity index (χ0) is 10.3. The van der Waals surface area contributed by atoms with E-state index in [0.29, 0.717) is 0 Å². The molecule has 2 N–H and O–H groups in total. The lowest BCUT2D eigenvalue weighted by atomic mass is 10.0. The van der Waals surface area contributed by atoms with Crippen molar-refractivity contribution in [3.05, 3.63) is 17.5 Å². The number of nitrogens with zero attached hydrogens (tertiary/aromatic N) is 1. The van der Waals surface area contributed by atoms with Gasteiger partial charge < -0.3 is 10.3 Å². The molecule has 0 saturated carbocycles. The number of nitrogens with two attached hydrogens (primary N) is 1. The third-order valence-electron chi connectivity index (χ3n) is 2.92. The van der Waals surface area contributed by atoms with E-state index >= 15 is 0 Å². The summed E-state index contributed by atoms with van der Waals surface area (Å²) in [4.78, 5) is 0. The highest BCUT2D eigenvalue weighted by atomic mass is 32.1. The highest BCUT2D eigenvalue weighted by Crippen LogP contribution is 2.33. The minimum Gasteiger partial charge on any atom is -0.385 e. The summed E-state index contributed by atoms with van der Waals surface area (Å²) in [7, 11) is 0. The number of nitrogen functional groups attached to an aromatic ring is 1. The maximum absolute atomic E-state index is 6.03.